The summed E-state index contributed by atoms with van der Waals surface area (Å²) >= 11 is 0. The normalized spacial score (nSPS) is 22.5. The van der Waals surface area contributed by atoms with Gasteiger partial charge >= 0.3 is 5.97 Å². The van der Waals surface area contributed by atoms with Gasteiger partial charge in [0.15, 0.2) is 0 Å². The van der Waals surface area contributed by atoms with Gasteiger partial charge in [0.1, 0.15) is 0 Å². The second-order valence-electron chi connectivity index (χ2n) is 5.89. The summed E-state index contributed by atoms with van der Waals surface area (Å²) in [6.45, 7) is 2.24. The molecule has 96 valence electrons. The van der Waals surface area contributed by atoms with Crippen molar-refractivity contribution in [3.8, 4) is 0 Å². The molecule has 0 bridgehead atoms. The van der Waals surface area contributed by atoms with Crippen molar-refractivity contribution in [2.75, 3.05) is 20.1 Å². The van der Waals surface area contributed by atoms with Gasteiger partial charge in [-0.2, -0.15) is 0 Å². The summed E-state index contributed by atoms with van der Waals surface area (Å²) in [5, 5.41) is 9.01. The van der Waals surface area contributed by atoms with Crippen LogP contribution in [0.2, 0.25) is 0 Å². The van der Waals surface area contributed by atoms with E-state index in [0.29, 0.717) is 5.92 Å². The number of rotatable bonds is 4. The van der Waals surface area contributed by atoms with Gasteiger partial charge in [-0.05, 0) is 31.0 Å². The van der Waals surface area contributed by atoms with Crippen molar-refractivity contribution in [3.63, 3.8) is 0 Å². The molecular weight excluding hydrogens is 226 g/mol. The minimum absolute atomic E-state index is 0.0580. The Bertz CT molecular complexity index is 473. The minimum Gasteiger partial charge on any atom is -0.481 e. The fourth-order valence-electron chi connectivity index (χ4n) is 3.04. The molecule has 0 spiro atoms. The molecule has 1 N–H and O–H groups in total. The SMILES string of the molecule is CN1CC(c2cccc(C3(CC(=O)O)CC3)c2)C1. The van der Waals surface area contributed by atoms with Crippen molar-refractivity contribution in [1.82, 2.24) is 4.90 Å². The number of likely N-dealkylation sites (tertiary alicyclic amines) is 1. The van der Waals surface area contributed by atoms with Crippen molar-refractivity contribution in [2.45, 2.75) is 30.6 Å². The fourth-order valence-corrected chi connectivity index (χ4v) is 3.04. The Labute approximate surface area is 107 Å². The van der Waals surface area contributed by atoms with Crippen molar-refractivity contribution in [3.05, 3.63) is 35.4 Å². The largest absolute Gasteiger partial charge is 0.481 e. The van der Waals surface area contributed by atoms with E-state index in [-0.39, 0.29) is 11.8 Å². The van der Waals surface area contributed by atoms with E-state index in [0.717, 1.165) is 25.9 Å². The minimum atomic E-state index is -0.679. The lowest BCUT2D eigenvalue weighted by atomic mass is 9.86. The number of carboxylic acid groups (broad SMARTS) is 1. The second-order valence-corrected chi connectivity index (χ2v) is 5.89. The molecule has 2 aliphatic rings. The molecule has 1 aliphatic carbocycles. The first-order valence-corrected chi connectivity index (χ1v) is 6.60. The van der Waals surface area contributed by atoms with Crippen molar-refractivity contribution < 1.29 is 9.90 Å². The van der Waals surface area contributed by atoms with Gasteiger partial charge in [-0.15, -0.1) is 0 Å². The summed E-state index contributed by atoms with van der Waals surface area (Å²) in [5.74, 6) is -0.0446. The first kappa shape index (κ1) is 11.7. The Kier molecular flexibility index (Phi) is 2.67. The topological polar surface area (TPSA) is 40.5 Å². The number of nitrogens with zero attached hydrogens (tertiary/aromatic N) is 1. The van der Waals surface area contributed by atoms with Gasteiger partial charge in [0.2, 0.25) is 0 Å². The van der Waals surface area contributed by atoms with Crippen LogP contribution in [-0.4, -0.2) is 36.1 Å². The lowest BCUT2D eigenvalue weighted by Crippen LogP contribution is -2.41. The molecule has 1 aliphatic heterocycles. The quantitative estimate of drug-likeness (QED) is 0.884. The molecule has 1 aromatic rings. The molecule has 1 saturated heterocycles. The van der Waals surface area contributed by atoms with Gasteiger partial charge in [-0.3, -0.25) is 4.79 Å². The van der Waals surface area contributed by atoms with Gasteiger partial charge < -0.3 is 10.0 Å². The molecule has 3 heteroatoms. The molecule has 0 unspecified atom stereocenters. The number of aliphatic carboxylic acids is 1. The number of likely N-dealkylation sites (N-methyl/N-ethyl adjacent to an activating group) is 1. The molecule has 0 radical (unpaired) electrons. The van der Waals surface area contributed by atoms with Crippen molar-refractivity contribution in [2.24, 2.45) is 0 Å². The summed E-state index contributed by atoms with van der Waals surface area (Å²) in [6.07, 6.45) is 2.32. The van der Waals surface area contributed by atoms with E-state index in [1.54, 1.807) is 0 Å². The summed E-state index contributed by atoms with van der Waals surface area (Å²) in [5.41, 5.74) is 2.55. The van der Waals surface area contributed by atoms with E-state index in [2.05, 4.69) is 36.2 Å². The van der Waals surface area contributed by atoms with Crippen LogP contribution in [-0.2, 0) is 10.2 Å². The van der Waals surface area contributed by atoms with Gasteiger partial charge in [0.25, 0.3) is 0 Å². The maximum absolute atomic E-state index is 11.0. The Morgan fingerprint density at radius 3 is 2.72 bits per heavy atom. The average molecular weight is 245 g/mol. The van der Waals surface area contributed by atoms with Crippen LogP contribution >= 0.6 is 0 Å². The standard InChI is InChI=1S/C15H19NO2/c1-16-9-12(10-16)11-3-2-4-13(7-11)15(5-6-15)8-14(17)18/h2-4,7,12H,5-6,8-10H2,1H3,(H,17,18). The average Bonchev–Trinajstić information content (AvgIpc) is 3.05. The second kappa shape index (κ2) is 4.09. The Morgan fingerprint density at radius 1 is 1.44 bits per heavy atom. The first-order chi connectivity index (χ1) is 8.59. The van der Waals surface area contributed by atoms with Crippen LogP contribution < -0.4 is 0 Å². The van der Waals surface area contributed by atoms with Gasteiger partial charge in [-0.1, -0.05) is 24.3 Å². The van der Waals surface area contributed by atoms with E-state index < -0.39 is 5.97 Å². The molecular formula is C15H19NO2. The predicted octanol–water partition coefficient (Wildman–Crippen LogP) is 2.22. The zero-order chi connectivity index (χ0) is 12.8. The zero-order valence-corrected chi connectivity index (χ0v) is 10.7. The van der Waals surface area contributed by atoms with Crippen LogP contribution in [0.25, 0.3) is 0 Å². The van der Waals surface area contributed by atoms with E-state index in [9.17, 15) is 4.79 Å². The molecule has 18 heavy (non-hydrogen) atoms. The maximum Gasteiger partial charge on any atom is 0.304 e. The van der Waals surface area contributed by atoms with Crippen LogP contribution in [0.15, 0.2) is 24.3 Å². The number of hydrogen-bond donors (Lipinski definition) is 1. The maximum atomic E-state index is 11.0. The Hall–Kier alpha value is -1.35. The van der Waals surface area contributed by atoms with Gasteiger partial charge in [-0.25, -0.2) is 0 Å². The lowest BCUT2D eigenvalue weighted by Gasteiger charge is -2.36. The molecule has 3 rings (SSSR count). The van der Waals surface area contributed by atoms with Gasteiger partial charge in [0, 0.05) is 24.4 Å². The highest BCUT2D eigenvalue weighted by Crippen LogP contribution is 2.51. The van der Waals surface area contributed by atoms with E-state index in [4.69, 9.17) is 5.11 Å². The summed E-state index contributed by atoms with van der Waals surface area (Å²) in [4.78, 5) is 13.3. The number of benzene rings is 1. The molecule has 0 aromatic heterocycles. The predicted molar refractivity (Wildman–Crippen MR) is 69.8 cm³/mol. The highest BCUT2D eigenvalue weighted by atomic mass is 16.4. The number of carboxylic acids is 1. The van der Waals surface area contributed by atoms with Crippen LogP contribution in [0.4, 0.5) is 0 Å². The monoisotopic (exact) mass is 245 g/mol. The highest BCUT2D eigenvalue weighted by Gasteiger charge is 2.46. The van der Waals surface area contributed by atoms with E-state index >= 15 is 0 Å². The fraction of sp³-hybridized carbons (Fsp3) is 0.533. The van der Waals surface area contributed by atoms with E-state index in [1.807, 2.05) is 0 Å². The molecule has 1 heterocycles. The molecule has 3 nitrogen and oxygen atoms in total. The first-order valence-electron chi connectivity index (χ1n) is 6.60. The van der Waals surface area contributed by atoms with Gasteiger partial charge in [0.05, 0.1) is 6.42 Å². The smallest absolute Gasteiger partial charge is 0.304 e. The summed E-state index contributed by atoms with van der Waals surface area (Å²) in [7, 11) is 2.13. The third-order valence-electron chi connectivity index (χ3n) is 4.38. The van der Waals surface area contributed by atoms with Crippen molar-refractivity contribution >= 4 is 5.97 Å². The summed E-state index contributed by atoms with van der Waals surface area (Å²) < 4.78 is 0. The Balaban J connectivity index is 1.81. The van der Waals surface area contributed by atoms with Crippen LogP contribution in [0.5, 0.6) is 0 Å². The van der Waals surface area contributed by atoms with Crippen LogP contribution in [0.3, 0.4) is 0 Å². The molecule has 1 saturated carbocycles. The van der Waals surface area contributed by atoms with Crippen LogP contribution in [0.1, 0.15) is 36.3 Å². The third kappa shape index (κ3) is 2.03. The highest BCUT2D eigenvalue weighted by molar-refractivity contribution is 5.70. The number of carbonyl (C=O) groups is 1. The zero-order valence-electron chi connectivity index (χ0n) is 10.7. The van der Waals surface area contributed by atoms with E-state index in [1.165, 1.54) is 11.1 Å². The third-order valence-corrected chi connectivity index (χ3v) is 4.38. The van der Waals surface area contributed by atoms with Crippen molar-refractivity contribution in [1.29, 1.82) is 0 Å². The number of hydrogen-bond acceptors (Lipinski definition) is 2. The Morgan fingerprint density at radius 2 is 2.17 bits per heavy atom. The molecule has 0 amide bonds. The molecule has 2 fully saturated rings. The lowest BCUT2D eigenvalue weighted by molar-refractivity contribution is -0.137. The van der Waals surface area contributed by atoms with Crippen LogP contribution in [0, 0.1) is 0 Å². The summed E-state index contributed by atoms with van der Waals surface area (Å²) in [6, 6.07) is 8.61. The molecule has 1 aromatic carbocycles. The molecule has 0 atom stereocenters.